The van der Waals surface area contributed by atoms with E-state index < -0.39 is 0 Å². The maximum atomic E-state index is 12.5. The van der Waals surface area contributed by atoms with Crippen molar-refractivity contribution in [3.63, 3.8) is 0 Å². The maximum absolute atomic E-state index is 12.5. The molecule has 0 unspecified atom stereocenters. The second-order valence-corrected chi connectivity index (χ2v) is 5.93. The van der Waals surface area contributed by atoms with Gasteiger partial charge < -0.3 is 14.8 Å². The number of ether oxygens (including phenoxy) is 2. The van der Waals surface area contributed by atoms with Gasteiger partial charge in [-0.2, -0.15) is 5.26 Å². The van der Waals surface area contributed by atoms with Crippen LogP contribution in [0.3, 0.4) is 0 Å². The van der Waals surface area contributed by atoms with E-state index in [0.29, 0.717) is 17.8 Å². The van der Waals surface area contributed by atoms with E-state index in [1.807, 2.05) is 37.1 Å². The number of anilines is 1. The zero-order valence-corrected chi connectivity index (χ0v) is 14.2. The number of likely N-dealkylation sites (N-methyl/N-ethyl adjacent to an activating group) is 1. The van der Waals surface area contributed by atoms with Crippen molar-refractivity contribution >= 4 is 11.6 Å². The molecule has 0 saturated heterocycles. The molecular weight excluding hydrogens is 318 g/mol. The Hall–Kier alpha value is -3.04. The monoisotopic (exact) mass is 337 g/mol. The van der Waals surface area contributed by atoms with Gasteiger partial charge in [-0.05, 0) is 43.8 Å². The minimum Gasteiger partial charge on any atom is -0.454 e. The van der Waals surface area contributed by atoms with Crippen LogP contribution in [0.25, 0.3) is 0 Å². The lowest BCUT2D eigenvalue weighted by molar-refractivity contribution is -0.120. The SMILES string of the molecule is C[C@@H](C(=O)Nc1ccccc1C#N)N(C)Cc1ccc2c(c1)OCO2. The van der Waals surface area contributed by atoms with Gasteiger partial charge in [-0.25, -0.2) is 0 Å². The van der Waals surface area contributed by atoms with Crippen LogP contribution in [0.4, 0.5) is 5.69 Å². The minimum absolute atomic E-state index is 0.161. The third-order valence-electron chi connectivity index (χ3n) is 4.21. The number of nitrogens with zero attached hydrogens (tertiary/aromatic N) is 2. The Kier molecular flexibility index (Phi) is 4.87. The van der Waals surface area contributed by atoms with Crippen LogP contribution in [-0.2, 0) is 11.3 Å². The summed E-state index contributed by atoms with van der Waals surface area (Å²) < 4.78 is 10.7. The Morgan fingerprint density at radius 1 is 1.28 bits per heavy atom. The van der Waals surface area contributed by atoms with Gasteiger partial charge in [0.25, 0.3) is 0 Å². The van der Waals surface area contributed by atoms with Crippen LogP contribution in [0, 0.1) is 11.3 Å². The molecule has 1 aliphatic heterocycles. The first-order valence-corrected chi connectivity index (χ1v) is 7.97. The fraction of sp³-hybridized carbons (Fsp3) is 0.263. The number of amides is 1. The van der Waals surface area contributed by atoms with Crippen molar-refractivity contribution in [3.05, 3.63) is 53.6 Å². The zero-order chi connectivity index (χ0) is 17.8. The first kappa shape index (κ1) is 16.8. The summed E-state index contributed by atoms with van der Waals surface area (Å²) in [4.78, 5) is 14.4. The Labute approximate surface area is 146 Å². The van der Waals surface area contributed by atoms with E-state index in [4.69, 9.17) is 14.7 Å². The first-order chi connectivity index (χ1) is 12.1. The van der Waals surface area contributed by atoms with Crippen LogP contribution in [0.5, 0.6) is 11.5 Å². The minimum atomic E-state index is -0.364. The number of nitriles is 1. The molecular formula is C19H19N3O3. The van der Waals surface area contributed by atoms with E-state index in [-0.39, 0.29) is 18.7 Å². The lowest BCUT2D eigenvalue weighted by atomic mass is 10.1. The number of benzene rings is 2. The van der Waals surface area contributed by atoms with Gasteiger partial charge in [0.05, 0.1) is 17.3 Å². The van der Waals surface area contributed by atoms with Gasteiger partial charge in [0.15, 0.2) is 11.5 Å². The van der Waals surface area contributed by atoms with Gasteiger partial charge in [-0.1, -0.05) is 18.2 Å². The summed E-state index contributed by atoms with van der Waals surface area (Å²) in [6.07, 6.45) is 0. The molecule has 6 nitrogen and oxygen atoms in total. The maximum Gasteiger partial charge on any atom is 0.241 e. The molecule has 0 bridgehead atoms. The first-order valence-electron chi connectivity index (χ1n) is 7.97. The number of carbonyl (C=O) groups is 1. The molecule has 1 atom stereocenters. The van der Waals surface area contributed by atoms with Crippen LogP contribution in [0.1, 0.15) is 18.1 Å². The number of para-hydroxylation sites is 1. The van der Waals surface area contributed by atoms with E-state index in [0.717, 1.165) is 17.1 Å². The summed E-state index contributed by atoms with van der Waals surface area (Å²) in [5.41, 5.74) is 2.00. The predicted octanol–water partition coefficient (Wildman–Crippen LogP) is 2.75. The average Bonchev–Trinajstić information content (AvgIpc) is 3.09. The van der Waals surface area contributed by atoms with Gasteiger partial charge in [-0.15, -0.1) is 0 Å². The quantitative estimate of drug-likeness (QED) is 0.908. The Balaban J connectivity index is 1.64. The molecule has 0 aliphatic carbocycles. The van der Waals surface area contributed by atoms with E-state index in [9.17, 15) is 4.79 Å². The van der Waals surface area contributed by atoms with Crippen molar-refractivity contribution < 1.29 is 14.3 Å². The molecule has 0 fully saturated rings. The molecule has 1 N–H and O–H groups in total. The van der Waals surface area contributed by atoms with Gasteiger partial charge in [0, 0.05) is 6.54 Å². The Morgan fingerprint density at radius 2 is 2.04 bits per heavy atom. The van der Waals surface area contributed by atoms with Gasteiger partial charge >= 0.3 is 0 Å². The third-order valence-corrected chi connectivity index (χ3v) is 4.21. The predicted molar refractivity (Wildman–Crippen MR) is 93.3 cm³/mol. The highest BCUT2D eigenvalue weighted by Crippen LogP contribution is 2.32. The molecule has 2 aromatic carbocycles. The van der Waals surface area contributed by atoms with Gasteiger partial charge in [0.1, 0.15) is 6.07 Å². The number of hydrogen-bond acceptors (Lipinski definition) is 5. The number of nitrogens with one attached hydrogen (secondary N) is 1. The lowest BCUT2D eigenvalue weighted by Gasteiger charge is -2.24. The van der Waals surface area contributed by atoms with Crippen LogP contribution in [-0.4, -0.2) is 30.7 Å². The fourth-order valence-corrected chi connectivity index (χ4v) is 2.59. The molecule has 2 aromatic rings. The molecule has 25 heavy (non-hydrogen) atoms. The van der Waals surface area contributed by atoms with Crippen molar-refractivity contribution in [2.45, 2.75) is 19.5 Å². The molecule has 3 rings (SSSR count). The summed E-state index contributed by atoms with van der Waals surface area (Å²) in [6.45, 7) is 2.66. The number of rotatable bonds is 5. The largest absolute Gasteiger partial charge is 0.454 e. The molecule has 128 valence electrons. The van der Waals surface area contributed by atoms with E-state index >= 15 is 0 Å². The molecule has 1 aliphatic rings. The summed E-state index contributed by atoms with van der Waals surface area (Å²) >= 11 is 0. The van der Waals surface area contributed by atoms with Crippen molar-refractivity contribution in [2.75, 3.05) is 19.2 Å². The molecule has 0 saturated carbocycles. The van der Waals surface area contributed by atoms with Crippen molar-refractivity contribution in [1.82, 2.24) is 4.90 Å². The molecule has 1 amide bonds. The standard InChI is InChI=1S/C19H19N3O3/c1-13(19(23)21-16-6-4-3-5-15(16)10-20)22(2)11-14-7-8-17-18(9-14)25-12-24-17/h3-9,13H,11-12H2,1-2H3,(H,21,23)/t13-/m0/s1. The number of hydrogen-bond donors (Lipinski definition) is 1. The van der Waals surface area contributed by atoms with Crippen LogP contribution < -0.4 is 14.8 Å². The highest BCUT2D eigenvalue weighted by atomic mass is 16.7. The summed E-state index contributed by atoms with van der Waals surface area (Å²) in [5.74, 6) is 1.31. The lowest BCUT2D eigenvalue weighted by Crippen LogP contribution is -2.39. The molecule has 0 aromatic heterocycles. The zero-order valence-electron chi connectivity index (χ0n) is 14.2. The topological polar surface area (TPSA) is 74.6 Å². The summed E-state index contributed by atoms with van der Waals surface area (Å²) in [7, 11) is 1.88. The van der Waals surface area contributed by atoms with E-state index in [2.05, 4.69) is 11.4 Å². The highest BCUT2D eigenvalue weighted by molar-refractivity contribution is 5.95. The smallest absolute Gasteiger partial charge is 0.241 e. The Morgan fingerprint density at radius 3 is 2.84 bits per heavy atom. The van der Waals surface area contributed by atoms with Crippen molar-refractivity contribution in [2.24, 2.45) is 0 Å². The summed E-state index contributed by atoms with van der Waals surface area (Å²) in [5, 5.41) is 11.9. The molecule has 0 spiro atoms. The molecule has 1 heterocycles. The van der Waals surface area contributed by atoms with Crippen LogP contribution >= 0.6 is 0 Å². The van der Waals surface area contributed by atoms with E-state index in [1.165, 1.54) is 0 Å². The highest BCUT2D eigenvalue weighted by Gasteiger charge is 2.20. The average molecular weight is 337 g/mol. The number of fused-ring (bicyclic) bond motifs is 1. The molecule has 6 heteroatoms. The Bertz CT molecular complexity index is 829. The molecule has 0 radical (unpaired) electrons. The van der Waals surface area contributed by atoms with Crippen LogP contribution in [0.2, 0.25) is 0 Å². The second-order valence-electron chi connectivity index (χ2n) is 5.93. The van der Waals surface area contributed by atoms with E-state index in [1.54, 1.807) is 24.3 Å². The van der Waals surface area contributed by atoms with Crippen molar-refractivity contribution in [3.8, 4) is 17.6 Å². The summed E-state index contributed by atoms with van der Waals surface area (Å²) in [6, 6.07) is 14.4. The fourth-order valence-electron chi connectivity index (χ4n) is 2.59. The van der Waals surface area contributed by atoms with Crippen molar-refractivity contribution in [1.29, 1.82) is 5.26 Å². The third kappa shape index (κ3) is 3.73. The van der Waals surface area contributed by atoms with Crippen LogP contribution in [0.15, 0.2) is 42.5 Å². The normalized spacial score (nSPS) is 13.4. The van der Waals surface area contributed by atoms with Gasteiger partial charge in [0.2, 0.25) is 12.7 Å². The number of carbonyl (C=O) groups excluding carboxylic acids is 1. The second kappa shape index (κ2) is 7.24. The van der Waals surface area contributed by atoms with Gasteiger partial charge in [-0.3, -0.25) is 9.69 Å².